The summed E-state index contributed by atoms with van der Waals surface area (Å²) in [4.78, 5) is 15.2. The molecule has 6 nitrogen and oxygen atoms in total. The van der Waals surface area contributed by atoms with Crippen LogP contribution in [0.4, 0.5) is 4.79 Å². The Labute approximate surface area is 224 Å². The van der Waals surface area contributed by atoms with Crippen molar-refractivity contribution in [1.82, 2.24) is 4.90 Å². The summed E-state index contributed by atoms with van der Waals surface area (Å²) in [7, 11) is 0. The minimum absolute atomic E-state index is 0.00916. The number of piperidine rings is 1. The Morgan fingerprint density at radius 1 is 0.868 bits per heavy atom. The maximum atomic E-state index is 13.3. The van der Waals surface area contributed by atoms with Gasteiger partial charge in [-0.1, -0.05) is 60.7 Å². The van der Waals surface area contributed by atoms with Crippen LogP contribution in [0.3, 0.4) is 0 Å². The number of hydrogen-bond acceptors (Lipinski definition) is 5. The molecule has 0 aromatic heterocycles. The number of rotatable bonds is 8. The zero-order chi connectivity index (χ0) is 26.1. The van der Waals surface area contributed by atoms with E-state index in [0.717, 1.165) is 12.8 Å². The molecular formula is C32H35NO5. The molecule has 38 heavy (non-hydrogen) atoms. The summed E-state index contributed by atoms with van der Waals surface area (Å²) in [6, 6.07) is 24.3. The standard InChI is InChI=1S/C32H35NO5/c1-2-36-29-13-7-8-14-30(29)37-18-17-32(35)19-22-15-16-23(20-32)33(22)31(34)38-21-28-26-11-5-3-9-24(26)25-10-4-6-12-27(25)28/h3-14,22-23,28,35H,2,15-21H2,1H3. The van der Waals surface area contributed by atoms with Gasteiger partial charge in [-0.3, -0.25) is 0 Å². The SMILES string of the molecule is CCOc1ccccc1OCCC1(O)CC2CCC(C1)N2C(=O)OCC1c2ccccc2-c2ccccc21. The summed E-state index contributed by atoms with van der Waals surface area (Å²) in [6.45, 7) is 3.23. The molecule has 198 valence electrons. The molecule has 2 heterocycles. The van der Waals surface area contributed by atoms with Gasteiger partial charge < -0.3 is 24.2 Å². The molecule has 2 saturated heterocycles. The number of fused-ring (bicyclic) bond motifs is 5. The van der Waals surface area contributed by atoms with E-state index in [1.807, 2.05) is 48.2 Å². The summed E-state index contributed by atoms with van der Waals surface area (Å²) in [5.41, 5.74) is 4.01. The number of carbonyl (C=O) groups is 1. The molecule has 2 fully saturated rings. The van der Waals surface area contributed by atoms with Crippen molar-refractivity contribution in [2.75, 3.05) is 19.8 Å². The molecule has 6 rings (SSSR count). The molecule has 2 atom stereocenters. The lowest BCUT2D eigenvalue weighted by molar-refractivity contribution is -0.0593. The van der Waals surface area contributed by atoms with Crippen molar-refractivity contribution in [1.29, 1.82) is 0 Å². The highest BCUT2D eigenvalue weighted by atomic mass is 16.6. The van der Waals surface area contributed by atoms with Crippen molar-refractivity contribution in [3.63, 3.8) is 0 Å². The van der Waals surface area contributed by atoms with E-state index < -0.39 is 5.60 Å². The van der Waals surface area contributed by atoms with Crippen LogP contribution in [0.2, 0.25) is 0 Å². The van der Waals surface area contributed by atoms with Gasteiger partial charge in [0.05, 0.1) is 18.8 Å². The van der Waals surface area contributed by atoms with Crippen LogP contribution in [-0.2, 0) is 4.74 Å². The zero-order valence-corrected chi connectivity index (χ0v) is 21.8. The first-order chi connectivity index (χ1) is 18.6. The van der Waals surface area contributed by atoms with Gasteiger partial charge >= 0.3 is 6.09 Å². The summed E-state index contributed by atoms with van der Waals surface area (Å²) < 4.78 is 17.6. The van der Waals surface area contributed by atoms with E-state index in [9.17, 15) is 9.90 Å². The quantitative estimate of drug-likeness (QED) is 0.391. The Bertz CT molecular complexity index is 1250. The van der Waals surface area contributed by atoms with E-state index in [4.69, 9.17) is 14.2 Å². The van der Waals surface area contributed by atoms with Gasteiger partial charge in [-0.05, 0) is 67.0 Å². The van der Waals surface area contributed by atoms with Crippen molar-refractivity contribution in [2.24, 2.45) is 0 Å². The van der Waals surface area contributed by atoms with Gasteiger partial charge in [0.2, 0.25) is 0 Å². The van der Waals surface area contributed by atoms with E-state index in [-0.39, 0.29) is 24.1 Å². The largest absolute Gasteiger partial charge is 0.490 e. The van der Waals surface area contributed by atoms with Crippen LogP contribution in [0.25, 0.3) is 11.1 Å². The number of amides is 1. The zero-order valence-electron chi connectivity index (χ0n) is 21.8. The Kier molecular flexibility index (Phi) is 6.75. The lowest BCUT2D eigenvalue weighted by Gasteiger charge is -2.43. The van der Waals surface area contributed by atoms with Crippen LogP contribution in [-0.4, -0.2) is 53.6 Å². The summed E-state index contributed by atoms with van der Waals surface area (Å²) in [5, 5.41) is 11.4. The summed E-state index contributed by atoms with van der Waals surface area (Å²) in [5.74, 6) is 1.45. The third kappa shape index (κ3) is 4.62. The Balaban J connectivity index is 1.07. The number of carbonyl (C=O) groups excluding carboxylic acids is 1. The molecule has 3 aromatic rings. The van der Waals surface area contributed by atoms with Gasteiger partial charge in [0.1, 0.15) is 6.61 Å². The predicted molar refractivity (Wildman–Crippen MR) is 146 cm³/mol. The fourth-order valence-electron chi connectivity index (χ4n) is 6.69. The van der Waals surface area contributed by atoms with Crippen molar-refractivity contribution in [3.8, 4) is 22.6 Å². The van der Waals surface area contributed by atoms with Crippen molar-refractivity contribution < 1.29 is 24.1 Å². The molecule has 0 radical (unpaired) electrons. The van der Waals surface area contributed by atoms with Crippen molar-refractivity contribution in [2.45, 2.75) is 62.6 Å². The second-order valence-corrected chi connectivity index (χ2v) is 10.7. The van der Waals surface area contributed by atoms with Gasteiger partial charge in [-0.15, -0.1) is 0 Å². The Morgan fingerprint density at radius 2 is 1.42 bits per heavy atom. The van der Waals surface area contributed by atoms with E-state index in [0.29, 0.717) is 50.6 Å². The molecule has 2 aliphatic heterocycles. The lowest BCUT2D eigenvalue weighted by atomic mass is 9.84. The van der Waals surface area contributed by atoms with Gasteiger partial charge in [-0.2, -0.15) is 0 Å². The molecule has 6 heteroatoms. The van der Waals surface area contributed by atoms with Crippen molar-refractivity contribution in [3.05, 3.63) is 83.9 Å². The number of aliphatic hydroxyl groups is 1. The average molecular weight is 514 g/mol. The number of nitrogens with zero attached hydrogens (tertiary/aromatic N) is 1. The lowest BCUT2D eigenvalue weighted by Crippen LogP contribution is -2.53. The van der Waals surface area contributed by atoms with Crippen LogP contribution >= 0.6 is 0 Å². The molecule has 1 aliphatic carbocycles. The molecule has 2 unspecified atom stereocenters. The topological polar surface area (TPSA) is 68.2 Å². The number of ether oxygens (including phenoxy) is 3. The highest BCUT2D eigenvalue weighted by molar-refractivity contribution is 5.79. The van der Waals surface area contributed by atoms with Crippen LogP contribution < -0.4 is 9.47 Å². The Hall–Kier alpha value is -3.51. The summed E-state index contributed by atoms with van der Waals surface area (Å²) in [6.07, 6.45) is 3.13. The fraction of sp³-hybridized carbons (Fsp3) is 0.406. The van der Waals surface area contributed by atoms with Gasteiger partial charge in [0.25, 0.3) is 0 Å². The van der Waals surface area contributed by atoms with Crippen LogP contribution in [0.1, 0.15) is 56.1 Å². The third-order valence-corrected chi connectivity index (χ3v) is 8.37. The van der Waals surface area contributed by atoms with Gasteiger partial charge in [0, 0.05) is 24.4 Å². The van der Waals surface area contributed by atoms with E-state index in [1.54, 1.807) is 0 Å². The second-order valence-electron chi connectivity index (χ2n) is 10.7. The van der Waals surface area contributed by atoms with Crippen LogP contribution in [0.15, 0.2) is 72.8 Å². The van der Waals surface area contributed by atoms with Gasteiger partial charge in [0.15, 0.2) is 11.5 Å². The number of hydrogen-bond donors (Lipinski definition) is 1. The molecule has 3 aliphatic rings. The van der Waals surface area contributed by atoms with E-state index in [2.05, 4.69) is 36.4 Å². The van der Waals surface area contributed by atoms with Gasteiger partial charge in [-0.25, -0.2) is 4.79 Å². The first-order valence-corrected chi connectivity index (χ1v) is 13.8. The smallest absolute Gasteiger partial charge is 0.410 e. The maximum absolute atomic E-state index is 13.3. The van der Waals surface area contributed by atoms with Crippen LogP contribution in [0, 0.1) is 0 Å². The molecule has 0 saturated carbocycles. The average Bonchev–Trinajstić information content (AvgIpc) is 3.40. The minimum Gasteiger partial charge on any atom is -0.490 e. The highest BCUT2D eigenvalue weighted by Gasteiger charge is 2.50. The second kappa shape index (κ2) is 10.3. The molecule has 3 aromatic carbocycles. The van der Waals surface area contributed by atoms with E-state index >= 15 is 0 Å². The first-order valence-electron chi connectivity index (χ1n) is 13.8. The van der Waals surface area contributed by atoms with Crippen LogP contribution in [0.5, 0.6) is 11.5 Å². The molecule has 1 N–H and O–H groups in total. The van der Waals surface area contributed by atoms with E-state index in [1.165, 1.54) is 22.3 Å². The molecule has 2 bridgehead atoms. The van der Waals surface area contributed by atoms with Crippen molar-refractivity contribution >= 4 is 6.09 Å². The number of benzene rings is 3. The first kappa shape index (κ1) is 24.8. The predicted octanol–water partition coefficient (Wildman–Crippen LogP) is 6.16. The fourth-order valence-corrected chi connectivity index (χ4v) is 6.69. The summed E-state index contributed by atoms with van der Waals surface area (Å²) >= 11 is 0. The third-order valence-electron chi connectivity index (χ3n) is 8.37. The normalized spacial score (nSPS) is 23.6. The molecule has 0 spiro atoms. The maximum Gasteiger partial charge on any atom is 0.410 e. The number of para-hydroxylation sites is 2. The monoisotopic (exact) mass is 513 g/mol. The molecular weight excluding hydrogens is 478 g/mol. The Morgan fingerprint density at radius 3 is 2.03 bits per heavy atom. The highest BCUT2D eigenvalue weighted by Crippen LogP contribution is 2.46. The molecule has 1 amide bonds. The minimum atomic E-state index is -0.855.